The van der Waals surface area contributed by atoms with Crippen molar-refractivity contribution in [1.29, 1.82) is 0 Å². The maximum atomic E-state index is 12.3. The van der Waals surface area contributed by atoms with Gasteiger partial charge in [0.1, 0.15) is 5.82 Å². The third-order valence-corrected chi connectivity index (χ3v) is 6.03. The fourth-order valence-corrected chi connectivity index (χ4v) is 4.32. The van der Waals surface area contributed by atoms with Gasteiger partial charge in [-0.1, -0.05) is 37.2 Å². The zero-order chi connectivity index (χ0) is 21.1. The van der Waals surface area contributed by atoms with E-state index in [1.54, 1.807) is 36.0 Å². The van der Waals surface area contributed by atoms with E-state index in [4.69, 9.17) is 21.6 Å². The Bertz CT molecular complexity index is 1030. The fourth-order valence-electron chi connectivity index (χ4n) is 3.50. The van der Waals surface area contributed by atoms with Crippen molar-refractivity contribution in [3.05, 3.63) is 41.0 Å². The molecule has 0 saturated carbocycles. The monoisotopic (exact) mass is 444 g/mol. The Morgan fingerprint density at radius 3 is 2.63 bits per heavy atom. The molecule has 30 heavy (non-hydrogen) atoms. The number of nitrogens with one attached hydrogen (secondary N) is 1. The molecule has 7 nitrogen and oxygen atoms in total. The summed E-state index contributed by atoms with van der Waals surface area (Å²) in [7, 11) is 0. The summed E-state index contributed by atoms with van der Waals surface area (Å²) < 4.78 is 1.85. The van der Waals surface area contributed by atoms with Crippen molar-refractivity contribution in [2.24, 2.45) is 0 Å². The van der Waals surface area contributed by atoms with E-state index in [1.165, 1.54) is 12.8 Å². The number of carbonyl (C=O) groups excluding carboxylic acids is 1. The van der Waals surface area contributed by atoms with Crippen LogP contribution < -0.4 is 10.2 Å². The van der Waals surface area contributed by atoms with Crippen molar-refractivity contribution in [3.63, 3.8) is 0 Å². The molecular formula is C21H25ClN6OS. The van der Waals surface area contributed by atoms with Gasteiger partial charge in [0.25, 0.3) is 5.91 Å². The quantitative estimate of drug-likeness (QED) is 0.438. The number of hydrogen-bond donors (Lipinski definition) is 1. The molecule has 1 N–H and O–H groups in total. The Morgan fingerprint density at radius 1 is 1.20 bits per heavy atom. The average molecular weight is 445 g/mol. The van der Waals surface area contributed by atoms with Gasteiger partial charge in [-0.05, 0) is 37.1 Å². The van der Waals surface area contributed by atoms with Crippen molar-refractivity contribution in [3.8, 4) is 0 Å². The number of fused-ring (bicyclic) bond motifs is 1. The predicted octanol–water partition coefficient (Wildman–Crippen LogP) is 4.01. The first-order chi connectivity index (χ1) is 14.5. The van der Waals surface area contributed by atoms with E-state index in [2.05, 4.69) is 29.2 Å². The van der Waals surface area contributed by atoms with E-state index in [1.807, 2.05) is 10.9 Å². The van der Waals surface area contributed by atoms with Gasteiger partial charge < -0.3 is 10.2 Å². The predicted molar refractivity (Wildman–Crippen MR) is 122 cm³/mol. The number of hydrogen-bond acceptors (Lipinski definition) is 6. The molecule has 1 aliphatic rings. The van der Waals surface area contributed by atoms with E-state index >= 15 is 0 Å². The van der Waals surface area contributed by atoms with E-state index in [9.17, 15) is 4.79 Å². The van der Waals surface area contributed by atoms with Crippen LogP contribution >= 0.6 is 23.4 Å². The molecule has 1 aliphatic heterocycles. The normalized spacial score (nSPS) is 14.1. The third kappa shape index (κ3) is 4.70. The van der Waals surface area contributed by atoms with Crippen molar-refractivity contribution < 1.29 is 4.79 Å². The highest BCUT2D eigenvalue weighted by Crippen LogP contribution is 2.30. The number of nitrogens with zero attached hydrogens (tertiary/aromatic N) is 5. The number of benzene rings is 1. The molecule has 0 bridgehead atoms. The lowest BCUT2D eigenvalue weighted by Gasteiger charge is -2.18. The molecule has 0 radical (unpaired) electrons. The van der Waals surface area contributed by atoms with Gasteiger partial charge in [-0.25, -0.2) is 14.6 Å². The molecule has 0 aliphatic carbocycles. The summed E-state index contributed by atoms with van der Waals surface area (Å²) in [6, 6.07) is 6.85. The Labute approximate surface area is 185 Å². The zero-order valence-electron chi connectivity index (χ0n) is 17.1. The van der Waals surface area contributed by atoms with Crippen LogP contribution in [0.5, 0.6) is 0 Å². The summed E-state index contributed by atoms with van der Waals surface area (Å²) in [5.74, 6) is 0.837. The Balaban J connectivity index is 1.52. The molecule has 1 aromatic carbocycles. The Hall–Kier alpha value is -2.32. The number of amides is 1. The molecule has 1 saturated heterocycles. The lowest BCUT2D eigenvalue weighted by Crippen LogP contribution is -2.27. The highest BCUT2D eigenvalue weighted by atomic mass is 35.5. The first-order valence-corrected chi connectivity index (χ1v) is 11.5. The van der Waals surface area contributed by atoms with Gasteiger partial charge in [0.2, 0.25) is 0 Å². The van der Waals surface area contributed by atoms with Gasteiger partial charge in [0.15, 0.2) is 10.8 Å². The molecule has 3 aromatic rings. The largest absolute Gasteiger partial charge is 0.356 e. The average Bonchev–Trinajstić information content (AvgIpc) is 3.38. The van der Waals surface area contributed by atoms with Crippen LogP contribution in [0.25, 0.3) is 11.0 Å². The fraction of sp³-hybridized carbons (Fsp3) is 0.429. The van der Waals surface area contributed by atoms with Crippen molar-refractivity contribution in [2.75, 3.05) is 24.5 Å². The van der Waals surface area contributed by atoms with Crippen molar-refractivity contribution in [1.82, 2.24) is 25.1 Å². The summed E-state index contributed by atoms with van der Waals surface area (Å²) in [5, 5.41) is 10.2. The maximum Gasteiger partial charge on any atom is 0.251 e. The minimum absolute atomic E-state index is 0.133. The van der Waals surface area contributed by atoms with Crippen LogP contribution in [0.4, 0.5) is 5.82 Å². The second kappa shape index (κ2) is 9.22. The van der Waals surface area contributed by atoms with Gasteiger partial charge in [-0.3, -0.25) is 4.79 Å². The number of rotatable bonds is 7. The van der Waals surface area contributed by atoms with Crippen LogP contribution in [-0.4, -0.2) is 50.5 Å². The van der Waals surface area contributed by atoms with E-state index < -0.39 is 0 Å². The smallest absolute Gasteiger partial charge is 0.251 e. The number of anilines is 1. The topological polar surface area (TPSA) is 75.9 Å². The highest BCUT2D eigenvalue weighted by molar-refractivity contribution is 7.99. The SMILES string of the molecule is CC(C)Sc1nc(N2CCCC2)c2cnn(CCNC(=O)c3ccc(Cl)cc3)c2n1. The highest BCUT2D eigenvalue weighted by Gasteiger charge is 2.21. The molecule has 1 fully saturated rings. The molecule has 0 unspecified atom stereocenters. The van der Waals surface area contributed by atoms with Crippen molar-refractivity contribution >= 4 is 46.1 Å². The number of halogens is 1. The summed E-state index contributed by atoms with van der Waals surface area (Å²) >= 11 is 7.54. The van der Waals surface area contributed by atoms with Crippen molar-refractivity contribution in [2.45, 2.75) is 43.6 Å². The third-order valence-electron chi connectivity index (χ3n) is 4.92. The van der Waals surface area contributed by atoms with Crippen LogP contribution in [0.3, 0.4) is 0 Å². The minimum Gasteiger partial charge on any atom is -0.356 e. The Morgan fingerprint density at radius 2 is 1.93 bits per heavy atom. The Kier molecular flexibility index (Phi) is 6.43. The van der Waals surface area contributed by atoms with Gasteiger partial charge in [0, 0.05) is 35.5 Å². The van der Waals surface area contributed by atoms with E-state index in [0.29, 0.717) is 28.9 Å². The summed E-state index contributed by atoms with van der Waals surface area (Å²) in [6.07, 6.45) is 4.21. The van der Waals surface area contributed by atoms with Crippen LogP contribution in [0.15, 0.2) is 35.6 Å². The van der Waals surface area contributed by atoms with E-state index in [-0.39, 0.29) is 5.91 Å². The summed E-state index contributed by atoms with van der Waals surface area (Å²) in [6.45, 7) is 7.29. The lowest BCUT2D eigenvalue weighted by molar-refractivity contribution is 0.0952. The van der Waals surface area contributed by atoms with E-state index in [0.717, 1.165) is 35.1 Å². The standard InChI is InChI=1S/C21H25ClN6OS/c1-14(2)30-21-25-18(27-10-3-4-11-27)17-13-24-28(19(17)26-21)12-9-23-20(29)15-5-7-16(22)8-6-15/h5-8,13-14H,3-4,9-12H2,1-2H3,(H,23,29). The molecule has 4 rings (SSSR count). The van der Waals surface area contributed by atoms with Gasteiger partial charge in [-0.2, -0.15) is 5.10 Å². The van der Waals surface area contributed by atoms with Crippen LogP contribution in [0, 0.1) is 0 Å². The molecule has 3 heterocycles. The van der Waals surface area contributed by atoms with Crippen LogP contribution in [0.1, 0.15) is 37.0 Å². The first kappa shape index (κ1) is 20.9. The second-order valence-corrected chi connectivity index (χ2v) is 9.54. The summed E-state index contributed by atoms with van der Waals surface area (Å²) in [5.41, 5.74) is 1.40. The molecule has 9 heteroatoms. The van der Waals surface area contributed by atoms with Gasteiger partial charge in [0.05, 0.1) is 18.1 Å². The van der Waals surface area contributed by atoms with Crippen LogP contribution in [0.2, 0.25) is 5.02 Å². The molecule has 0 atom stereocenters. The number of aromatic nitrogens is 4. The summed E-state index contributed by atoms with van der Waals surface area (Å²) in [4.78, 5) is 24.3. The lowest BCUT2D eigenvalue weighted by atomic mass is 10.2. The number of thioether (sulfide) groups is 1. The van der Waals surface area contributed by atoms with Gasteiger partial charge in [-0.15, -0.1) is 0 Å². The second-order valence-electron chi connectivity index (χ2n) is 7.56. The minimum atomic E-state index is -0.133. The molecule has 0 spiro atoms. The zero-order valence-corrected chi connectivity index (χ0v) is 18.7. The number of carbonyl (C=O) groups is 1. The molecule has 158 valence electrons. The molecule has 1 amide bonds. The van der Waals surface area contributed by atoms with Crippen LogP contribution in [-0.2, 0) is 6.54 Å². The first-order valence-electron chi connectivity index (χ1n) is 10.2. The van der Waals surface area contributed by atoms with Gasteiger partial charge >= 0.3 is 0 Å². The molecular weight excluding hydrogens is 420 g/mol. The molecule has 2 aromatic heterocycles. The maximum absolute atomic E-state index is 12.3.